The molecule has 144 valence electrons. The summed E-state index contributed by atoms with van der Waals surface area (Å²) >= 11 is 0. The third-order valence-electron chi connectivity index (χ3n) is 5.17. The Bertz CT molecular complexity index is 416. The number of methoxy groups -OCH3 is 1. The molecule has 2 fully saturated rings. The molecule has 0 unspecified atom stereocenters. The molecule has 2 aliphatic rings. The first-order valence-electron chi connectivity index (χ1n) is 9.33. The Balaban J connectivity index is 1.58. The average molecular weight is 356 g/mol. The summed E-state index contributed by atoms with van der Waals surface area (Å²) < 4.78 is 15.5. The molecule has 0 atom stereocenters. The Hall–Kier alpha value is -1.18. The molecule has 1 aliphatic carbocycles. The van der Waals surface area contributed by atoms with Crippen molar-refractivity contribution in [2.45, 2.75) is 25.7 Å². The van der Waals surface area contributed by atoms with Crippen molar-refractivity contribution in [1.29, 1.82) is 0 Å². The van der Waals surface area contributed by atoms with Crippen LogP contribution in [0.25, 0.3) is 0 Å². The van der Waals surface area contributed by atoms with E-state index in [9.17, 15) is 9.59 Å². The van der Waals surface area contributed by atoms with Crippen molar-refractivity contribution in [3.05, 3.63) is 0 Å². The standard InChI is InChI=1S/C18H32N2O5/c1-19-7-9-20(10-8-19)11-12-24-17(21)15-3-5-16(6-4-15)18(22)25-14-13-23-2/h15-16H,3-14H2,1-2H3. The number of ether oxygens (including phenoxy) is 3. The maximum Gasteiger partial charge on any atom is 0.309 e. The summed E-state index contributed by atoms with van der Waals surface area (Å²) in [6.07, 6.45) is 2.81. The summed E-state index contributed by atoms with van der Waals surface area (Å²) in [4.78, 5) is 28.8. The van der Waals surface area contributed by atoms with Crippen LogP contribution in [0.4, 0.5) is 0 Å². The molecule has 0 aromatic heterocycles. The molecule has 0 spiro atoms. The number of hydrogen-bond acceptors (Lipinski definition) is 7. The fraction of sp³-hybridized carbons (Fsp3) is 0.889. The lowest BCUT2D eigenvalue weighted by Crippen LogP contribution is -2.45. The van der Waals surface area contributed by atoms with Crippen molar-refractivity contribution in [3.63, 3.8) is 0 Å². The van der Waals surface area contributed by atoms with Gasteiger partial charge in [-0.15, -0.1) is 0 Å². The van der Waals surface area contributed by atoms with E-state index < -0.39 is 0 Å². The third-order valence-corrected chi connectivity index (χ3v) is 5.17. The summed E-state index contributed by atoms with van der Waals surface area (Å²) in [5.41, 5.74) is 0. The van der Waals surface area contributed by atoms with E-state index in [-0.39, 0.29) is 23.8 Å². The minimum absolute atomic E-state index is 0.0736. The average Bonchev–Trinajstić information content (AvgIpc) is 2.63. The number of hydrogen-bond donors (Lipinski definition) is 0. The number of likely N-dealkylation sites (N-methyl/N-ethyl adjacent to an activating group) is 1. The van der Waals surface area contributed by atoms with Crippen LogP contribution >= 0.6 is 0 Å². The van der Waals surface area contributed by atoms with Crippen molar-refractivity contribution in [1.82, 2.24) is 9.80 Å². The molecule has 25 heavy (non-hydrogen) atoms. The fourth-order valence-corrected chi connectivity index (χ4v) is 3.37. The van der Waals surface area contributed by atoms with Gasteiger partial charge in [-0.05, 0) is 32.7 Å². The van der Waals surface area contributed by atoms with E-state index in [0.29, 0.717) is 45.5 Å². The van der Waals surface area contributed by atoms with Gasteiger partial charge in [0.1, 0.15) is 13.2 Å². The van der Waals surface area contributed by atoms with Gasteiger partial charge in [0.15, 0.2) is 0 Å². The van der Waals surface area contributed by atoms with Crippen LogP contribution in [0.2, 0.25) is 0 Å². The highest BCUT2D eigenvalue weighted by atomic mass is 16.6. The molecule has 0 N–H and O–H groups in total. The Labute approximate surface area is 150 Å². The molecule has 2 rings (SSSR count). The lowest BCUT2D eigenvalue weighted by Gasteiger charge is -2.32. The van der Waals surface area contributed by atoms with Gasteiger partial charge < -0.3 is 19.1 Å². The van der Waals surface area contributed by atoms with Crippen molar-refractivity contribution >= 4 is 11.9 Å². The normalized spacial score (nSPS) is 25.5. The van der Waals surface area contributed by atoms with Crippen LogP contribution in [0.3, 0.4) is 0 Å². The van der Waals surface area contributed by atoms with Crippen molar-refractivity contribution in [2.24, 2.45) is 11.8 Å². The first kappa shape index (κ1) is 20.1. The first-order valence-corrected chi connectivity index (χ1v) is 9.33. The minimum Gasteiger partial charge on any atom is -0.464 e. The Morgan fingerprint density at radius 3 is 1.88 bits per heavy atom. The molecule has 0 radical (unpaired) electrons. The highest BCUT2D eigenvalue weighted by Gasteiger charge is 2.31. The number of piperazine rings is 1. The van der Waals surface area contributed by atoms with E-state index in [4.69, 9.17) is 14.2 Å². The molecular weight excluding hydrogens is 324 g/mol. The predicted octanol–water partition coefficient (Wildman–Crippen LogP) is 0.773. The molecule has 1 saturated carbocycles. The van der Waals surface area contributed by atoms with Gasteiger partial charge in [-0.25, -0.2) is 0 Å². The second-order valence-electron chi connectivity index (χ2n) is 7.02. The fourth-order valence-electron chi connectivity index (χ4n) is 3.37. The quantitative estimate of drug-likeness (QED) is 0.470. The van der Waals surface area contributed by atoms with Crippen molar-refractivity contribution < 1.29 is 23.8 Å². The Kier molecular flexibility index (Phi) is 8.64. The topological polar surface area (TPSA) is 68.3 Å². The third kappa shape index (κ3) is 6.92. The SMILES string of the molecule is COCCOC(=O)C1CCC(C(=O)OCCN2CCN(C)CC2)CC1. The van der Waals surface area contributed by atoms with Crippen molar-refractivity contribution in [3.8, 4) is 0 Å². The predicted molar refractivity (Wildman–Crippen MR) is 93.2 cm³/mol. The lowest BCUT2D eigenvalue weighted by atomic mass is 9.82. The van der Waals surface area contributed by atoms with E-state index in [1.54, 1.807) is 7.11 Å². The second-order valence-corrected chi connectivity index (χ2v) is 7.02. The zero-order valence-electron chi connectivity index (χ0n) is 15.6. The van der Waals surface area contributed by atoms with E-state index in [2.05, 4.69) is 16.8 Å². The molecule has 1 aliphatic heterocycles. The molecule has 0 amide bonds. The van der Waals surface area contributed by atoms with Gasteiger partial charge in [-0.2, -0.15) is 0 Å². The van der Waals surface area contributed by atoms with Crippen LogP contribution in [-0.4, -0.2) is 88.4 Å². The van der Waals surface area contributed by atoms with Crippen LogP contribution < -0.4 is 0 Å². The number of rotatable bonds is 8. The van der Waals surface area contributed by atoms with Crippen LogP contribution in [0, 0.1) is 11.8 Å². The maximum absolute atomic E-state index is 12.2. The summed E-state index contributed by atoms with van der Waals surface area (Å²) in [5, 5.41) is 0. The summed E-state index contributed by atoms with van der Waals surface area (Å²) in [5.74, 6) is -0.443. The van der Waals surface area contributed by atoms with Gasteiger partial charge in [-0.1, -0.05) is 0 Å². The van der Waals surface area contributed by atoms with Crippen LogP contribution in [0.5, 0.6) is 0 Å². The summed E-state index contributed by atoms with van der Waals surface area (Å²) in [6, 6.07) is 0. The maximum atomic E-state index is 12.2. The number of carbonyl (C=O) groups excluding carboxylic acids is 2. The second kappa shape index (κ2) is 10.7. The van der Waals surface area contributed by atoms with E-state index in [0.717, 1.165) is 32.7 Å². The molecule has 7 nitrogen and oxygen atoms in total. The van der Waals surface area contributed by atoms with Gasteiger partial charge in [0.2, 0.25) is 0 Å². The Morgan fingerprint density at radius 1 is 0.840 bits per heavy atom. The highest BCUT2D eigenvalue weighted by Crippen LogP contribution is 2.30. The summed E-state index contributed by atoms with van der Waals surface area (Å²) in [7, 11) is 3.70. The molecule has 1 saturated heterocycles. The molecule has 0 aromatic carbocycles. The molecule has 0 bridgehead atoms. The molecule has 7 heteroatoms. The monoisotopic (exact) mass is 356 g/mol. The molecule has 1 heterocycles. The van der Waals surface area contributed by atoms with Gasteiger partial charge in [0, 0.05) is 39.8 Å². The largest absolute Gasteiger partial charge is 0.464 e. The zero-order chi connectivity index (χ0) is 18.1. The van der Waals surface area contributed by atoms with E-state index in [1.807, 2.05) is 0 Å². The Morgan fingerprint density at radius 2 is 1.36 bits per heavy atom. The van der Waals surface area contributed by atoms with Gasteiger partial charge in [-0.3, -0.25) is 14.5 Å². The van der Waals surface area contributed by atoms with Gasteiger partial charge in [0.25, 0.3) is 0 Å². The van der Waals surface area contributed by atoms with E-state index >= 15 is 0 Å². The molecule has 0 aromatic rings. The summed E-state index contributed by atoms with van der Waals surface area (Å²) in [6.45, 7) is 6.18. The smallest absolute Gasteiger partial charge is 0.309 e. The van der Waals surface area contributed by atoms with Gasteiger partial charge in [0.05, 0.1) is 18.4 Å². The number of esters is 2. The van der Waals surface area contributed by atoms with Crippen LogP contribution in [0.15, 0.2) is 0 Å². The first-order chi connectivity index (χ1) is 12.1. The minimum atomic E-state index is -0.168. The van der Waals surface area contributed by atoms with E-state index in [1.165, 1.54) is 0 Å². The molecular formula is C18H32N2O5. The zero-order valence-corrected chi connectivity index (χ0v) is 15.6. The van der Waals surface area contributed by atoms with Crippen LogP contribution in [-0.2, 0) is 23.8 Å². The van der Waals surface area contributed by atoms with Crippen LogP contribution in [0.1, 0.15) is 25.7 Å². The lowest BCUT2D eigenvalue weighted by molar-refractivity contribution is -0.156. The van der Waals surface area contributed by atoms with Crippen molar-refractivity contribution in [2.75, 3.05) is 66.7 Å². The highest BCUT2D eigenvalue weighted by molar-refractivity contribution is 5.75. The number of nitrogens with zero attached hydrogens (tertiary/aromatic N) is 2. The van der Waals surface area contributed by atoms with Gasteiger partial charge >= 0.3 is 11.9 Å². The number of carbonyl (C=O) groups is 2.